The fraction of sp³-hybridized carbons (Fsp3) is 0.467. The van der Waals surface area contributed by atoms with Gasteiger partial charge < -0.3 is 4.98 Å². The Morgan fingerprint density at radius 3 is 2.65 bits per heavy atom. The van der Waals surface area contributed by atoms with Gasteiger partial charge in [0.25, 0.3) is 5.56 Å². The van der Waals surface area contributed by atoms with Crippen molar-refractivity contribution in [2.75, 3.05) is 0 Å². The lowest BCUT2D eigenvalue weighted by Gasteiger charge is -2.17. The summed E-state index contributed by atoms with van der Waals surface area (Å²) in [5.41, 5.74) is 1.11. The van der Waals surface area contributed by atoms with E-state index >= 15 is 0 Å². The molecule has 120 valence electrons. The molecule has 0 aromatic carbocycles. The lowest BCUT2D eigenvalue weighted by atomic mass is 9.89. The zero-order chi connectivity index (χ0) is 16.3. The standard InChI is InChI=1S/C15H17N5OS2/c1-7-4-5-10-11(6-7)23-13-12(10)14(21)20(15(22)16-13)19-8(2)17-18-9(19)3/h7H,4-6H2,1-3H3,(H,16,22). The molecular weight excluding hydrogens is 330 g/mol. The van der Waals surface area contributed by atoms with Gasteiger partial charge in [-0.05, 0) is 56.8 Å². The first kappa shape index (κ1) is 14.8. The molecule has 0 radical (unpaired) electrons. The van der Waals surface area contributed by atoms with Gasteiger partial charge in [0, 0.05) is 4.88 Å². The van der Waals surface area contributed by atoms with Gasteiger partial charge in [-0.1, -0.05) is 6.92 Å². The van der Waals surface area contributed by atoms with Crippen LogP contribution in [-0.4, -0.2) is 24.5 Å². The zero-order valence-electron chi connectivity index (χ0n) is 13.2. The molecule has 4 rings (SSSR count). The lowest BCUT2D eigenvalue weighted by molar-refractivity contribution is 0.508. The van der Waals surface area contributed by atoms with E-state index < -0.39 is 0 Å². The Labute approximate surface area is 141 Å². The number of fused-ring (bicyclic) bond motifs is 3. The van der Waals surface area contributed by atoms with Crippen LogP contribution in [0, 0.1) is 24.5 Å². The molecule has 1 unspecified atom stereocenters. The summed E-state index contributed by atoms with van der Waals surface area (Å²) in [6.45, 7) is 5.89. The van der Waals surface area contributed by atoms with Crippen LogP contribution >= 0.6 is 23.6 Å². The van der Waals surface area contributed by atoms with Gasteiger partial charge in [-0.3, -0.25) is 4.79 Å². The van der Waals surface area contributed by atoms with E-state index in [1.54, 1.807) is 16.0 Å². The van der Waals surface area contributed by atoms with Crippen molar-refractivity contribution in [3.8, 4) is 0 Å². The SMILES string of the molecule is Cc1nnc(C)n1-n1c(=S)[nH]c2sc3c(c2c1=O)CCC(C)C3. The van der Waals surface area contributed by atoms with Crippen molar-refractivity contribution in [2.45, 2.75) is 40.0 Å². The minimum Gasteiger partial charge on any atom is -0.322 e. The molecule has 0 fully saturated rings. The Bertz CT molecular complexity index is 1020. The first-order valence-corrected chi connectivity index (χ1v) is 8.88. The molecule has 3 aromatic heterocycles. The minimum atomic E-state index is -0.0817. The average molecular weight is 347 g/mol. The molecule has 3 aromatic rings. The summed E-state index contributed by atoms with van der Waals surface area (Å²) in [4.78, 5) is 18.6. The summed E-state index contributed by atoms with van der Waals surface area (Å²) < 4.78 is 3.53. The van der Waals surface area contributed by atoms with Crippen LogP contribution < -0.4 is 5.56 Å². The Balaban J connectivity index is 2.09. The summed E-state index contributed by atoms with van der Waals surface area (Å²) >= 11 is 7.11. The van der Waals surface area contributed by atoms with Crippen molar-refractivity contribution in [3.63, 3.8) is 0 Å². The number of aromatic nitrogens is 5. The van der Waals surface area contributed by atoms with Crippen LogP contribution in [0.5, 0.6) is 0 Å². The van der Waals surface area contributed by atoms with Gasteiger partial charge in [-0.2, -0.15) is 4.68 Å². The van der Waals surface area contributed by atoms with Crippen molar-refractivity contribution in [3.05, 3.63) is 37.2 Å². The molecule has 0 saturated carbocycles. The third kappa shape index (κ3) is 2.12. The van der Waals surface area contributed by atoms with E-state index in [0.717, 1.165) is 29.5 Å². The number of rotatable bonds is 1. The quantitative estimate of drug-likeness (QED) is 0.687. The molecule has 0 amide bonds. The van der Waals surface area contributed by atoms with Gasteiger partial charge in [0.1, 0.15) is 16.5 Å². The molecule has 1 aliphatic rings. The molecule has 1 N–H and O–H groups in total. The summed E-state index contributed by atoms with van der Waals surface area (Å²) in [5, 5.41) is 8.85. The van der Waals surface area contributed by atoms with Gasteiger partial charge in [0.15, 0.2) is 0 Å². The molecule has 1 aliphatic carbocycles. The maximum atomic E-state index is 13.2. The summed E-state index contributed by atoms with van der Waals surface area (Å²) in [6, 6.07) is 0. The van der Waals surface area contributed by atoms with Crippen LogP contribution in [0.1, 0.15) is 35.4 Å². The number of thiophene rings is 1. The predicted octanol–water partition coefficient (Wildman–Crippen LogP) is 2.77. The number of nitrogens with one attached hydrogen (secondary N) is 1. The van der Waals surface area contributed by atoms with Gasteiger partial charge in [-0.15, -0.1) is 21.5 Å². The molecule has 1 atom stereocenters. The maximum Gasteiger partial charge on any atom is 0.282 e. The number of aromatic amines is 1. The molecule has 8 heteroatoms. The maximum absolute atomic E-state index is 13.2. The first-order valence-electron chi connectivity index (χ1n) is 7.66. The average Bonchev–Trinajstić information content (AvgIpc) is 3.00. The molecular formula is C15H17N5OS2. The van der Waals surface area contributed by atoms with Gasteiger partial charge >= 0.3 is 0 Å². The highest BCUT2D eigenvalue weighted by atomic mass is 32.1. The van der Waals surface area contributed by atoms with Crippen molar-refractivity contribution >= 4 is 33.8 Å². The third-order valence-electron chi connectivity index (χ3n) is 4.48. The molecule has 0 spiro atoms. The fourth-order valence-corrected chi connectivity index (χ4v) is 5.08. The van der Waals surface area contributed by atoms with E-state index in [9.17, 15) is 4.79 Å². The number of nitrogens with zero attached hydrogens (tertiary/aromatic N) is 4. The van der Waals surface area contributed by atoms with Crippen molar-refractivity contribution in [1.29, 1.82) is 0 Å². The third-order valence-corrected chi connectivity index (χ3v) is 5.93. The topological polar surface area (TPSA) is 68.5 Å². The zero-order valence-corrected chi connectivity index (χ0v) is 14.8. The van der Waals surface area contributed by atoms with Crippen LogP contribution in [0.4, 0.5) is 0 Å². The smallest absolute Gasteiger partial charge is 0.282 e. The molecule has 0 aliphatic heterocycles. The molecule has 6 nitrogen and oxygen atoms in total. The Kier molecular flexibility index (Phi) is 3.28. The summed E-state index contributed by atoms with van der Waals surface area (Å²) in [6.07, 6.45) is 3.12. The number of hydrogen-bond acceptors (Lipinski definition) is 5. The van der Waals surface area contributed by atoms with E-state index in [1.165, 1.54) is 15.1 Å². The predicted molar refractivity (Wildman–Crippen MR) is 92.8 cm³/mol. The Morgan fingerprint density at radius 2 is 1.96 bits per heavy atom. The largest absolute Gasteiger partial charge is 0.322 e. The summed E-state index contributed by atoms with van der Waals surface area (Å²) in [5.74, 6) is 1.95. The van der Waals surface area contributed by atoms with E-state index in [0.29, 0.717) is 22.3 Å². The van der Waals surface area contributed by atoms with Crippen LogP contribution in [0.15, 0.2) is 4.79 Å². The minimum absolute atomic E-state index is 0.0817. The highest BCUT2D eigenvalue weighted by molar-refractivity contribution is 7.71. The van der Waals surface area contributed by atoms with Crippen LogP contribution in [-0.2, 0) is 12.8 Å². The van der Waals surface area contributed by atoms with Crippen LogP contribution in [0.3, 0.4) is 0 Å². The van der Waals surface area contributed by atoms with Gasteiger partial charge in [-0.25, -0.2) is 4.68 Å². The monoisotopic (exact) mass is 347 g/mol. The molecule has 23 heavy (non-hydrogen) atoms. The number of hydrogen-bond donors (Lipinski definition) is 1. The molecule has 3 heterocycles. The van der Waals surface area contributed by atoms with E-state index in [2.05, 4.69) is 22.1 Å². The van der Waals surface area contributed by atoms with Gasteiger partial charge in [0.2, 0.25) is 4.77 Å². The number of aryl methyl sites for hydroxylation is 3. The Morgan fingerprint density at radius 1 is 1.26 bits per heavy atom. The molecule has 0 saturated heterocycles. The van der Waals surface area contributed by atoms with E-state index in [4.69, 9.17) is 12.2 Å². The van der Waals surface area contributed by atoms with Crippen molar-refractivity contribution in [2.24, 2.45) is 5.92 Å². The van der Waals surface area contributed by atoms with Gasteiger partial charge in [0.05, 0.1) is 5.39 Å². The van der Waals surface area contributed by atoms with E-state index in [-0.39, 0.29) is 5.56 Å². The van der Waals surface area contributed by atoms with E-state index in [1.807, 2.05) is 13.8 Å². The van der Waals surface area contributed by atoms with Crippen molar-refractivity contribution < 1.29 is 0 Å². The highest BCUT2D eigenvalue weighted by Crippen LogP contribution is 2.35. The first-order chi connectivity index (χ1) is 11.0. The van der Waals surface area contributed by atoms with Crippen LogP contribution in [0.25, 0.3) is 10.2 Å². The second-order valence-electron chi connectivity index (χ2n) is 6.21. The fourth-order valence-electron chi connectivity index (χ4n) is 3.35. The molecule has 0 bridgehead atoms. The normalized spacial score (nSPS) is 17.6. The second kappa shape index (κ2) is 5.10. The Hall–Kier alpha value is -1.80. The van der Waals surface area contributed by atoms with Crippen molar-refractivity contribution in [1.82, 2.24) is 24.5 Å². The highest BCUT2D eigenvalue weighted by Gasteiger charge is 2.24. The number of H-pyrrole nitrogens is 1. The van der Waals surface area contributed by atoms with Crippen LogP contribution in [0.2, 0.25) is 0 Å². The lowest BCUT2D eigenvalue weighted by Crippen LogP contribution is -2.30. The second-order valence-corrected chi connectivity index (χ2v) is 7.70. The summed E-state index contributed by atoms with van der Waals surface area (Å²) in [7, 11) is 0.